The van der Waals surface area contributed by atoms with Gasteiger partial charge in [-0.1, -0.05) is 18.7 Å². The first-order valence-electron chi connectivity index (χ1n) is 19.1. The van der Waals surface area contributed by atoms with Gasteiger partial charge in [0.15, 0.2) is 40.0 Å². The Labute approximate surface area is 339 Å². The lowest BCUT2D eigenvalue weighted by molar-refractivity contribution is -0.157. The molecule has 16 heteroatoms. The highest BCUT2D eigenvalue weighted by Crippen LogP contribution is 2.64. The number of likely N-dealkylation sites (N-methyl/N-ethyl adjacent to an activating group) is 1. The highest BCUT2D eigenvalue weighted by molar-refractivity contribution is 7.99. The van der Waals surface area contributed by atoms with Crippen LogP contribution in [0.15, 0.2) is 30.9 Å². The molecule has 0 aliphatic carbocycles. The number of nitrogens with one attached hydrogen (secondary N) is 1. The molecule has 2 unspecified atom stereocenters. The number of ether oxygens (including phenoxy) is 7. The number of esters is 1. The zero-order valence-corrected chi connectivity index (χ0v) is 33.6. The third kappa shape index (κ3) is 5.36. The maximum atomic E-state index is 14.9. The minimum absolute atomic E-state index is 0.0335. The average molecular weight is 813 g/mol. The predicted molar refractivity (Wildman–Crippen MR) is 209 cm³/mol. The fourth-order valence-electron chi connectivity index (χ4n) is 10.2. The SMILES string of the molecule is C=CCOC(=O)Oc1cc2c(cc1OC)[C@@]1(CS[C@@H]3c4c(O)c(C)c5c(c4[C@H](COC1=O)N1C3C3c4c(cc(C)c(OC)c4O)C[C@H]([C@@H]1C#N)N3C)OCO5)NCC2. The van der Waals surface area contributed by atoms with Gasteiger partial charge >= 0.3 is 12.1 Å². The Balaban J connectivity index is 1.24. The number of thioether (sulfide) groups is 1. The lowest BCUT2D eigenvalue weighted by atomic mass is 9.71. The van der Waals surface area contributed by atoms with Gasteiger partial charge < -0.3 is 43.4 Å². The molecule has 4 bridgehead atoms. The van der Waals surface area contributed by atoms with Gasteiger partial charge in [-0.25, -0.2) is 9.59 Å². The molecule has 0 radical (unpaired) electrons. The van der Waals surface area contributed by atoms with Gasteiger partial charge in [0.25, 0.3) is 0 Å². The van der Waals surface area contributed by atoms with Crippen LogP contribution in [0.5, 0.6) is 40.2 Å². The van der Waals surface area contributed by atoms with E-state index < -0.39 is 47.1 Å². The van der Waals surface area contributed by atoms with Crippen LogP contribution in [0.1, 0.15) is 61.8 Å². The van der Waals surface area contributed by atoms with Gasteiger partial charge in [-0.2, -0.15) is 5.26 Å². The van der Waals surface area contributed by atoms with E-state index in [-0.39, 0.29) is 54.8 Å². The van der Waals surface area contributed by atoms with Crippen LogP contribution >= 0.6 is 11.8 Å². The minimum atomic E-state index is -1.42. The number of aryl methyl sites for hydroxylation is 1. The number of nitrogens with zero attached hydrogens (tertiary/aromatic N) is 3. The number of hydrogen-bond donors (Lipinski definition) is 3. The zero-order valence-electron chi connectivity index (χ0n) is 32.7. The number of rotatable bonds is 5. The molecule has 58 heavy (non-hydrogen) atoms. The van der Waals surface area contributed by atoms with Crippen molar-refractivity contribution in [2.75, 3.05) is 53.6 Å². The van der Waals surface area contributed by atoms with E-state index in [1.807, 2.05) is 20.0 Å². The second kappa shape index (κ2) is 14.2. The summed E-state index contributed by atoms with van der Waals surface area (Å²) in [5, 5.41) is 38.3. The molecule has 2 saturated heterocycles. The first kappa shape index (κ1) is 38.2. The van der Waals surface area contributed by atoms with E-state index in [2.05, 4.69) is 27.8 Å². The van der Waals surface area contributed by atoms with Crippen molar-refractivity contribution in [3.05, 3.63) is 75.4 Å². The second-order valence-corrected chi connectivity index (χ2v) is 16.6. The first-order chi connectivity index (χ1) is 28.0. The van der Waals surface area contributed by atoms with Gasteiger partial charge in [-0.3, -0.25) is 15.1 Å². The van der Waals surface area contributed by atoms with Crippen LogP contribution in [0.25, 0.3) is 0 Å². The quantitative estimate of drug-likeness (QED) is 0.182. The molecule has 3 aromatic rings. The first-order valence-corrected chi connectivity index (χ1v) is 20.2. The molecule has 7 aliphatic heterocycles. The Morgan fingerprint density at radius 3 is 2.62 bits per heavy atom. The summed E-state index contributed by atoms with van der Waals surface area (Å²) in [4.78, 5) is 31.7. The lowest BCUT2D eigenvalue weighted by Crippen LogP contribution is -2.69. The van der Waals surface area contributed by atoms with Gasteiger partial charge in [-0.15, -0.1) is 11.8 Å². The van der Waals surface area contributed by atoms with Crippen molar-refractivity contribution in [2.45, 2.75) is 67.7 Å². The normalized spacial score (nSPS) is 27.9. The molecule has 7 aliphatic rings. The van der Waals surface area contributed by atoms with E-state index in [1.54, 1.807) is 19.1 Å². The minimum Gasteiger partial charge on any atom is -0.507 e. The molecule has 0 aromatic heterocycles. The predicted octanol–water partition coefficient (Wildman–Crippen LogP) is 4.76. The number of fused-ring (bicyclic) bond motifs is 9. The number of carbonyl (C=O) groups excluding carboxylic acids is 2. The summed E-state index contributed by atoms with van der Waals surface area (Å²) in [5.41, 5.74) is 4.07. The van der Waals surface area contributed by atoms with Crippen molar-refractivity contribution >= 4 is 23.9 Å². The third-order valence-corrected chi connectivity index (χ3v) is 14.2. The molecular weight excluding hydrogens is 769 g/mol. The lowest BCUT2D eigenvalue weighted by Gasteiger charge is -2.62. The molecule has 304 valence electrons. The van der Waals surface area contributed by atoms with Crippen molar-refractivity contribution in [3.8, 4) is 46.3 Å². The Kier molecular flexibility index (Phi) is 9.34. The van der Waals surface area contributed by atoms with E-state index >= 15 is 0 Å². The molecule has 1 spiro atoms. The van der Waals surface area contributed by atoms with Crippen LogP contribution in [0, 0.1) is 25.2 Å². The number of methoxy groups -OCH3 is 2. The van der Waals surface area contributed by atoms with Crippen molar-refractivity contribution in [1.82, 2.24) is 15.1 Å². The van der Waals surface area contributed by atoms with Crippen LogP contribution in [0.2, 0.25) is 0 Å². The number of nitriles is 1. The standard InChI is InChI=1S/C42H44N4O11S/c1-7-10-53-41(50)57-28-13-21-8-9-44-42(23(21)14-27(28)51-5)17-58-39-31-30(38-37(55-18-56-38)20(3)34(31)47)26(16-54-40(42)49)46-25(15-43)24-12-22-11-19(2)36(52-6)35(48)29(22)32(33(39)46)45(24)4/h7,11,13-14,24-26,32-33,39,44,47-48H,1,8-10,12,16-18H2,2-6H3/t24-,25+,26+,32?,33?,39-,42-/m1/s1. The number of carbonyl (C=O) groups is 2. The molecule has 7 heterocycles. The van der Waals surface area contributed by atoms with Crippen molar-refractivity contribution < 1.29 is 53.0 Å². The van der Waals surface area contributed by atoms with E-state index in [4.69, 9.17) is 33.2 Å². The largest absolute Gasteiger partial charge is 0.514 e. The summed E-state index contributed by atoms with van der Waals surface area (Å²) < 4.78 is 40.6. The molecule has 7 atom stereocenters. The van der Waals surface area contributed by atoms with Crippen LogP contribution in [-0.2, 0) is 32.6 Å². The Morgan fingerprint density at radius 1 is 1.09 bits per heavy atom. The summed E-state index contributed by atoms with van der Waals surface area (Å²) in [6.45, 7) is 7.35. The molecule has 15 nitrogen and oxygen atoms in total. The summed E-state index contributed by atoms with van der Waals surface area (Å²) in [5.74, 6) is 1.24. The molecule has 10 rings (SSSR count). The van der Waals surface area contributed by atoms with Gasteiger partial charge in [0.1, 0.15) is 25.0 Å². The van der Waals surface area contributed by atoms with Crippen LogP contribution < -0.4 is 29.0 Å². The maximum Gasteiger partial charge on any atom is 0.514 e. The van der Waals surface area contributed by atoms with Crippen LogP contribution in [0.4, 0.5) is 4.79 Å². The van der Waals surface area contributed by atoms with Gasteiger partial charge in [0, 0.05) is 46.6 Å². The fraction of sp³-hybridized carbons (Fsp3) is 0.452. The molecular formula is C42H44N4O11S. The number of hydrogen-bond acceptors (Lipinski definition) is 16. The van der Waals surface area contributed by atoms with E-state index in [0.29, 0.717) is 64.5 Å². The van der Waals surface area contributed by atoms with Gasteiger partial charge in [0.05, 0.1) is 37.6 Å². The fourth-order valence-corrected chi connectivity index (χ4v) is 11.9. The van der Waals surface area contributed by atoms with Crippen molar-refractivity contribution in [2.24, 2.45) is 0 Å². The summed E-state index contributed by atoms with van der Waals surface area (Å²) in [6.07, 6.45) is 1.49. The zero-order chi connectivity index (χ0) is 40.8. The van der Waals surface area contributed by atoms with Gasteiger partial charge in [0.2, 0.25) is 6.79 Å². The van der Waals surface area contributed by atoms with Crippen LogP contribution in [-0.4, -0.2) is 104 Å². The smallest absolute Gasteiger partial charge is 0.507 e. The molecule has 3 N–H and O–H groups in total. The molecule has 2 fully saturated rings. The Morgan fingerprint density at radius 2 is 1.88 bits per heavy atom. The van der Waals surface area contributed by atoms with Crippen molar-refractivity contribution in [1.29, 1.82) is 5.26 Å². The number of phenolic OH excluding ortho intramolecular Hbond substituents is 2. The van der Waals surface area contributed by atoms with Gasteiger partial charge in [-0.05, 0) is 68.1 Å². The van der Waals surface area contributed by atoms with E-state index in [9.17, 15) is 25.1 Å². The van der Waals surface area contributed by atoms with E-state index in [1.165, 1.54) is 32.1 Å². The number of phenols is 2. The highest BCUT2D eigenvalue weighted by atomic mass is 32.2. The number of piperazine rings is 1. The second-order valence-electron chi connectivity index (χ2n) is 15.4. The molecule has 0 saturated carbocycles. The Hall–Kier alpha value is -5.34. The number of aromatic hydroxyl groups is 2. The number of benzene rings is 3. The third-order valence-electron chi connectivity index (χ3n) is 12.7. The highest BCUT2D eigenvalue weighted by Gasteiger charge is 2.61. The summed E-state index contributed by atoms with van der Waals surface area (Å²) in [7, 11) is 4.96. The molecule has 3 aromatic carbocycles. The van der Waals surface area contributed by atoms with Crippen LogP contribution in [0.3, 0.4) is 0 Å². The van der Waals surface area contributed by atoms with E-state index in [0.717, 1.165) is 16.7 Å². The Bertz CT molecular complexity index is 2310. The summed E-state index contributed by atoms with van der Waals surface area (Å²) >= 11 is 1.45. The maximum absolute atomic E-state index is 14.9. The monoisotopic (exact) mass is 812 g/mol. The summed E-state index contributed by atoms with van der Waals surface area (Å²) in [6, 6.07) is 5.28. The van der Waals surface area contributed by atoms with Crippen molar-refractivity contribution in [3.63, 3.8) is 0 Å². The molecule has 0 amide bonds. The average Bonchev–Trinajstić information content (AvgIpc) is 3.70. The topological polar surface area (TPSA) is 182 Å².